The fraction of sp³-hybridized carbons (Fsp3) is 0.231. The molecular formula is C13H14ClN3O2S. The van der Waals surface area contributed by atoms with Crippen LogP contribution in [0.15, 0.2) is 29.4 Å². The van der Waals surface area contributed by atoms with Crippen LogP contribution >= 0.6 is 23.4 Å². The van der Waals surface area contributed by atoms with Crippen molar-refractivity contribution >= 4 is 34.9 Å². The predicted molar refractivity (Wildman–Crippen MR) is 81.7 cm³/mol. The average molecular weight is 312 g/mol. The molecule has 20 heavy (non-hydrogen) atoms. The highest BCUT2D eigenvalue weighted by atomic mass is 35.5. The zero-order chi connectivity index (χ0) is 14.5. The van der Waals surface area contributed by atoms with Crippen LogP contribution in [0.4, 0.5) is 11.5 Å². The number of halogens is 1. The summed E-state index contributed by atoms with van der Waals surface area (Å²) in [7, 11) is 3.21. The number of hydrogen-bond donors (Lipinski definition) is 1. The monoisotopic (exact) mass is 311 g/mol. The number of nitrogens with zero attached hydrogens (tertiary/aromatic N) is 2. The number of thioether (sulfide) groups is 1. The first-order valence-corrected chi connectivity index (χ1v) is 7.34. The van der Waals surface area contributed by atoms with E-state index in [0.717, 1.165) is 11.4 Å². The summed E-state index contributed by atoms with van der Waals surface area (Å²) in [5.41, 5.74) is 0.773. The van der Waals surface area contributed by atoms with Gasteiger partial charge in [0.1, 0.15) is 22.5 Å². The normalized spacial score (nSPS) is 10.2. The molecule has 7 heteroatoms. The Hall–Kier alpha value is -1.66. The summed E-state index contributed by atoms with van der Waals surface area (Å²) < 4.78 is 10.5. The van der Waals surface area contributed by atoms with E-state index < -0.39 is 0 Å². The third kappa shape index (κ3) is 3.46. The average Bonchev–Trinajstić information content (AvgIpc) is 2.47. The summed E-state index contributed by atoms with van der Waals surface area (Å²) in [6.07, 6.45) is 1.89. The fourth-order valence-electron chi connectivity index (χ4n) is 1.59. The number of nitrogens with one attached hydrogen (secondary N) is 1. The topological polar surface area (TPSA) is 56.3 Å². The molecule has 1 aromatic carbocycles. The SMILES string of the molecule is COc1ccc(Nc2cc(Cl)nc(SC)n2)c(OC)c1. The van der Waals surface area contributed by atoms with Crippen molar-refractivity contribution in [3.63, 3.8) is 0 Å². The fourth-order valence-corrected chi connectivity index (χ4v) is 2.20. The molecule has 2 aromatic rings. The number of ether oxygens (including phenoxy) is 2. The lowest BCUT2D eigenvalue weighted by Gasteiger charge is -2.12. The smallest absolute Gasteiger partial charge is 0.190 e. The van der Waals surface area contributed by atoms with Crippen LogP contribution in [0.25, 0.3) is 0 Å². The molecule has 0 atom stereocenters. The molecule has 0 aliphatic carbocycles. The lowest BCUT2D eigenvalue weighted by molar-refractivity contribution is 0.395. The molecule has 0 aliphatic heterocycles. The van der Waals surface area contributed by atoms with Gasteiger partial charge in [-0.2, -0.15) is 0 Å². The summed E-state index contributed by atoms with van der Waals surface area (Å²) in [5, 5.41) is 4.15. The quantitative estimate of drug-likeness (QED) is 0.517. The Morgan fingerprint density at radius 2 is 1.95 bits per heavy atom. The molecule has 0 aliphatic rings. The van der Waals surface area contributed by atoms with Gasteiger partial charge >= 0.3 is 0 Å². The minimum atomic E-state index is 0.388. The van der Waals surface area contributed by atoms with Crippen LogP contribution in [0.1, 0.15) is 0 Å². The van der Waals surface area contributed by atoms with E-state index in [4.69, 9.17) is 21.1 Å². The molecule has 1 aromatic heterocycles. The van der Waals surface area contributed by atoms with E-state index in [1.165, 1.54) is 11.8 Å². The highest BCUT2D eigenvalue weighted by Crippen LogP contribution is 2.31. The van der Waals surface area contributed by atoms with Gasteiger partial charge in [0, 0.05) is 12.1 Å². The van der Waals surface area contributed by atoms with Gasteiger partial charge < -0.3 is 14.8 Å². The van der Waals surface area contributed by atoms with Crippen LogP contribution in [0.2, 0.25) is 5.15 Å². The lowest BCUT2D eigenvalue weighted by Crippen LogP contribution is -1.99. The van der Waals surface area contributed by atoms with Crippen LogP contribution in [0, 0.1) is 0 Å². The van der Waals surface area contributed by atoms with Gasteiger partial charge in [-0.15, -0.1) is 0 Å². The van der Waals surface area contributed by atoms with E-state index in [1.54, 1.807) is 26.4 Å². The number of aromatic nitrogens is 2. The molecule has 0 fully saturated rings. The zero-order valence-electron chi connectivity index (χ0n) is 11.3. The maximum Gasteiger partial charge on any atom is 0.190 e. The second kappa shape index (κ2) is 6.67. The van der Waals surface area contributed by atoms with Crippen molar-refractivity contribution in [1.82, 2.24) is 9.97 Å². The molecule has 0 unspecified atom stereocenters. The van der Waals surface area contributed by atoms with Crippen LogP contribution in [0.5, 0.6) is 11.5 Å². The van der Waals surface area contributed by atoms with E-state index in [-0.39, 0.29) is 0 Å². The van der Waals surface area contributed by atoms with E-state index in [1.807, 2.05) is 18.4 Å². The van der Waals surface area contributed by atoms with E-state index in [2.05, 4.69) is 15.3 Å². The maximum absolute atomic E-state index is 5.96. The van der Waals surface area contributed by atoms with E-state index in [9.17, 15) is 0 Å². The summed E-state index contributed by atoms with van der Waals surface area (Å²) in [6, 6.07) is 7.14. The zero-order valence-corrected chi connectivity index (χ0v) is 12.9. The van der Waals surface area contributed by atoms with Crippen LogP contribution in [-0.4, -0.2) is 30.4 Å². The Labute approximate surface area is 126 Å². The van der Waals surface area contributed by atoms with Gasteiger partial charge in [-0.1, -0.05) is 23.4 Å². The molecule has 106 valence electrons. The first-order valence-electron chi connectivity index (χ1n) is 5.74. The van der Waals surface area contributed by atoms with Crippen molar-refractivity contribution in [3.05, 3.63) is 29.4 Å². The van der Waals surface area contributed by atoms with Crippen molar-refractivity contribution in [2.75, 3.05) is 25.8 Å². The van der Waals surface area contributed by atoms with Crippen LogP contribution in [-0.2, 0) is 0 Å². The Morgan fingerprint density at radius 3 is 2.60 bits per heavy atom. The molecule has 1 heterocycles. The Bertz CT molecular complexity index is 610. The largest absolute Gasteiger partial charge is 0.497 e. The van der Waals surface area contributed by atoms with Gasteiger partial charge in [0.25, 0.3) is 0 Å². The molecular weight excluding hydrogens is 298 g/mol. The van der Waals surface area contributed by atoms with Crippen LogP contribution in [0.3, 0.4) is 0 Å². The number of rotatable bonds is 5. The summed E-state index contributed by atoms with van der Waals surface area (Å²) >= 11 is 7.39. The molecule has 2 rings (SSSR count). The van der Waals surface area contributed by atoms with Gasteiger partial charge in [-0.3, -0.25) is 0 Å². The summed E-state index contributed by atoms with van der Waals surface area (Å²) in [5.74, 6) is 1.99. The van der Waals surface area contributed by atoms with E-state index >= 15 is 0 Å². The molecule has 0 bridgehead atoms. The van der Waals surface area contributed by atoms with Gasteiger partial charge in [-0.05, 0) is 18.4 Å². The summed E-state index contributed by atoms with van der Waals surface area (Å²) in [4.78, 5) is 8.42. The third-order valence-corrected chi connectivity index (χ3v) is 3.27. The highest BCUT2D eigenvalue weighted by molar-refractivity contribution is 7.98. The first kappa shape index (κ1) is 14.7. The predicted octanol–water partition coefficient (Wildman–Crippen LogP) is 3.61. The number of benzene rings is 1. The van der Waals surface area contributed by atoms with Crippen LogP contribution < -0.4 is 14.8 Å². The Balaban J connectivity index is 2.31. The molecule has 5 nitrogen and oxygen atoms in total. The van der Waals surface area contributed by atoms with E-state index in [0.29, 0.717) is 21.9 Å². The molecule has 0 radical (unpaired) electrons. The van der Waals surface area contributed by atoms with Crippen molar-refractivity contribution in [2.24, 2.45) is 0 Å². The third-order valence-electron chi connectivity index (χ3n) is 2.53. The first-order chi connectivity index (χ1) is 9.66. The van der Waals surface area contributed by atoms with Crippen molar-refractivity contribution < 1.29 is 9.47 Å². The Kier molecular flexibility index (Phi) is 4.92. The molecule has 1 N–H and O–H groups in total. The number of hydrogen-bond acceptors (Lipinski definition) is 6. The van der Waals surface area contributed by atoms with Crippen molar-refractivity contribution in [3.8, 4) is 11.5 Å². The summed E-state index contributed by atoms with van der Waals surface area (Å²) in [6.45, 7) is 0. The number of anilines is 2. The standard InChI is InChI=1S/C13H14ClN3O2S/c1-18-8-4-5-9(10(6-8)19-2)15-12-7-11(14)16-13(17-12)20-3/h4-7H,1-3H3,(H,15,16,17). The molecule has 0 saturated carbocycles. The van der Waals surface area contributed by atoms with Crippen molar-refractivity contribution in [2.45, 2.75) is 5.16 Å². The van der Waals surface area contributed by atoms with Gasteiger partial charge in [0.15, 0.2) is 5.16 Å². The van der Waals surface area contributed by atoms with Crippen molar-refractivity contribution in [1.29, 1.82) is 0 Å². The number of methoxy groups -OCH3 is 2. The second-order valence-corrected chi connectivity index (χ2v) is 4.91. The molecule has 0 spiro atoms. The minimum absolute atomic E-state index is 0.388. The molecule has 0 saturated heterocycles. The highest BCUT2D eigenvalue weighted by Gasteiger charge is 2.08. The van der Waals surface area contributed by atoms with Gasteiger partial charge in [0.2, 0.25) is 0 Å². The maximum atomic E-state index is 5.96. The molecule has 0 amide bonds. The van der Waals surface area contributed by atoms with Gasteiger partial charge in [0.05, 0.1) is 19.9 Å². The Morgan fingerprint density at radius 1 is 1.15 bits per heavy atom. The lowest BCUT2D eigenvalue weighted by atomic mass is 10.2. The van der Waals surface area contributed by atoms with Gasteiger partial charge in [-0.25, -0.2) is 9.97 Å². The minimum Gasteiger partial charge on any atom is -0.497 e. The second-order valence-electron chi connectivity index (χ2n) is 3.75.